The number of rotatable bonds is 0. The van der Waals surface area contributed by atoms with Gasteiger partial charge in [0.05, 0.1) is 0 Å². The molecule has 1 heterocycles. The van der Waals surface area contributed by atoms with Gasteiger partial charge in [-0.15, -0.1) is 0 Å². The van der Waals surface area contributed by atoms with Crippen LogP contribution in [0.3, 0.4) is 0 Å². The number of pyridine rings is 1. The minimum Gasteiger partial charge on any atom is -0.412 e. The fourth-order valence-electron chi connectivity index (χ4n) is 0.313. The van der Waals surface area contributed by atoms with Gasteiger partial charge in [-0.1, -0.05) is 6.07 Å². The molecule has 0 fully saturated rings. The Hall–Kier alpha value is -0.890. The number of aromatic nitrogens is 1. The van der Waals surface area contributed by atoms with Crippen LogP contribution in [0.4, 0.5) is 0 Å². The van der Waals surface area contributed by atoms with Gasteiger partial charge in [-0.25, -0.2) is 0 Å². The predicted molar refractivity (Wildman–Crippen MR) is 27.9 cm³/mol. The molecule has 2 heteroatoms. The van der Waals surface area contributed by atoms with Crippen LogP contribution in [-0.2, 0) is 0 Å². The summed E-state index contributed by atoms with van der Waals surface area (Å²) in [5, 5.41) is 0. The lowest BCUT2D eigenvalue weighted by Crippen LogP contribution is -1.58. The van der Waals surface area contributed by atoms with Gasteiger partial charge >= 0.3 is 0 Å². The van der Waals surface area contributed by atoms with E-state index in [0.29, 0.717) is 0 Å². The van der Waals surface area contributed by atoms with Crippen LogP contribution in [0.1, 0.15) is 0 Å². The van der Waals surface area contributed by atoms with Crippen molar-refractivity contribution < 1.29 is 5.48 Å². The number of nitrogens with zero attached hydrogens (tertiary/aromatic N) is 1. The first kappa shape index (κ1) is 6.11. The minimum atomic E-state index is 0. The Kier molecular flexibility index (Phi) is 2.89. The summed E-state index contributed by atoms with van der Waals surface area (Å²) < 4.78 is 0. The van der Waals surface area contributed by atoms with E-state index in [1.807, 2.05) is 18.2 Å². The molecule has 2 nitrogen and oxygen atoms in total. The van der Waals surface area contributed by atoms with Crippen LogP contribution in [0.25, 0.3) is 0 Å². The smallest absolute Gasteiger partial charge is 0.0267 e. The van der Waals surface area contributed by atoms with Crippen molar-refractivity contribution in [2.24, 2.45) is 0 Å². The molecule has 0 saturated heterocycles. The van der Waals surface area contributed by atoms with E-state index in [4.69, 9.17) is 0 Å². The normalized spacial score (nSPS) is 6.86. The zero-order valence-electron chi connectivity index (χ0n) is 3.83. The molecule has 0 aliphatic rings. The third-order valence-corrected chi connectivity index (χ3v) is 0.566. The van der Waals surface area contributed by atoms with Gasteiger partial charge < -0.3 is 5.48 Å². The molecule has 0 unspecified atom stereocenters. The maximum Gasteiger partial charge on any atom is 0.0267 e. The lowest BCUT2D eigenvalue weighted by Gasteiger charge is -1.70. The molecule has 0 spiro atoms. The van der Waals surface area contributed by atoms with E-state index in [1.54, 1.807) is 12.4 Å². The predicted octanol–water partition coefficient (Wildman–Crippen LogP) is 0.257. The van der Waals surface area contributed by atoms with Crippen LogP contribution in [-0.4, -0.2) is 10.5 Å². The maximum atomic E-state index is 3.78. The van der Waals surface area contributed by atoms with Crippen molar-refractivity contribution in [2.75, 3.05) is 0 Å². The highest BCUT2D eigenvalue weighted by molar-refractivity contribution is 4.88. The SMILES string of the molecule is O.c1ccncc1. The second kappa shape index (κ2) is 3.31. The summed E-state index contributed by atoms with van der Waals surface area (Å²) >= 11 is 0. The Morgan fingerprint density at radius 1 is 0.857 bits per heavy atom. The molecule has 0 saturated carbocycles. The number of hydrogen-bond donors (Lipinski definition) is 0. The average Bonchev–Trinajstić information content (AvgIpc) is 1.72. The minimum absolute atomic E-state index is 0. The molecule has 0 bridgehead atoms. The second-order valence-corrected chi connectivity index (χ2v) is 1.02. The molecular formula is C5H7NO. The summed E-state index contributed by atoms with van der Waals surface area (Å²) in [6.45, 7) is 0. The summed E-state index contributed by atoms with van der Waals surface area (Å²) in [6, 6.07) is 5.72. The molecule has 0 radical (unpaired) electrons. The molecular weight excluding hydrogens is 90.1 g/mol. The van der Waals surface area contributed by atoms with Gasteiger partial charge in [0.2, 0.25) is 0 Å². The van der Waals surface area contributed by atoms with Crippen molar-refractivity contribution in [3.8, 4) is 0 Å². The molecule has 0 aliphatic heterocycles. The number of hydrogen-bond acceptors (Lipinski definition) is 1. The molecule has 0 amide bonds. The van der Waals surface area contributed by atoms with Gasteiger partial charge in [-0.05, 0) is 12.1 Å². The summed E-state index contributed by atoms with van der Waals surface area (Å²) in [4.78, 5) is 3.78. The molecule has 38 valence electrons. The molecule has 7 heavy (non-hydrogen) atoms. The summed E-state index contributed by atoms with van der Waals surface area (Å²) in [6.07, 6.45) is 3.50. The van der Waals surface area contributed by atoms with Crippen molar-refractivity contribution in [1.82, 2.24) is 4.98 Å². The van der Waals surface area contributed by atoms with E-state index in [-0.39, 0.29) is 5.48 Å². The third-order valence-electron chi connectivity index (χ3n) is 0.566. The van der Waals surface area contributed by atoms with Crippen LogP contribution in [0, 0.1) is 0 Å². The van der Waals surface area contributed by atoms with E-state index >= 15 is 0 Å². The first-order valence-corrected chi connectivity index (χ1v) is 1.85. The molecule has 1 aromatic heterocycles. The van der Waals surface area contributed by atoms with E-state index in [0.717, 1.165) is 0 Å². The van der Waals surface area contributed by atoms with Gasteiger partial charge in [0, 0.05) is 12.4 Å². The quantitative estimate of drug-likeness (QED) is 0.458. The van der Waals surface area contributed by atoms with Gasteiger partial charge in [0.1, 0.15) is 0 Å². The van der Waals surface area contributed by atoms with Crippen LogP contribution in [0.5, 0.6) is 0 Å². The van der Waals surface area contributed by atoms with Gasteiger partial charge in [0.15, 0.2) is 0 Å². The van der Waals surface area contributed by atoms with Crippen molar-refractivity contribution in [2.45, 2.75) is 0 Å². The molecule has 1 rings (SSSR count). The standard InChI is InChI=1S/C5H5N.H2O/c1-2-4-6-5-3-1;/h1-5H;1H2. The largest absolute Gasteiger partial charge is 0.412 e. The Labute approximate surface area is 42.1 Å². The van der Waals surface area contributed by atoms with E-state index < -0.39 is 0 Å². The van der Waals surface area contributed by atoms with Gasteiger partial charge in [0.25, 0.3) is 0 Å². The Morgan fingerprint density at radius 2 is 1.43 bits per heavy atom. The van der Waals surface area contributed by atoms with Gasteiger partial charge in [-0.2, -0.15) is 0 Å². The molecule has 0 atom stereocenters. The van der Waals surface area contributed by atoms with E-state index in [2.05, 4.69) is 4.98 Å². The summed E-state index contributed by atoms with van der Waals surface area (Å²) in [5.74, 6) is 0. The van der Waals surface area contributed by atoms with Crippen LogP contribution < -0.4 is 0 Å². The van der Waals surface area contributed by atoms with Crippen molar-refractivity contribution in [1.29, 1.82) is 0 Å². The fraction of sp³-hybridized carbons (Fsp3) is 0. The van der Waals surface area contributed by atoms with Crippen LogP contribution >= 0.6 is 0 Å². The Morgan fingerprint density at radius 3 is 1.57 bits per heavy atom. The Bertz CT molecular complexity index is 80.0. The highest BCUT2D eigenvalue weighted by atomic mass is 16.0. The maximum absolute atomic E-state index is 3.78. The molecule has 0 aliphatic carbocycles. The first-order valence-electron chi connectivity index (χ1n) is 1.85. The van der Waals surface area contributed by atoms with Gasteiger partial charge in [-0.3, -0.25) is 4.98 Å². The second-order valence-electron chi connectivity index (χ2n) is 1.02. The third kappa shape index (κ3) is 1.89. The zero-order chi connectivity index (χ0) is 4.24. The highest BCUT2D eigenvalue weighted by Crippen LogP contribution is 1.73. The molecule has 1 aromatic rings. The van der Waals surface area contributed by atoms with Crippen molar-refractivity contribution >= 4 is 0 Å². The van der Waals surface area contributed by atoms with E-state index in [9.17, 15) is 0 Å². The van der Waals surface area contributed by atoms with Crippen molar-refractivity contribution in [3.05, 3.63) is 30.6 Å². The van der Waals surface area contributed by atoms with Crippen molar-refractivity contribution in [3.63, 3.8) is 0 Å². The first-order chi connectivity index (χ1) is 3.00. The lowest BCUT2D eigenvalue weighted by atomic mass is 10.5. The highest BCUT2D eigenvalue weighted by Gasteiger charge is 1.58. The Balaban J connectivity index is 0.000000360. The monoisotopic (exact) mass is 97.1 g/mol. The molecule has 0 aromatic carbocycles. The average molecular weight is 97.1 g/mol. The zero-order valence-corrected chi connectivity index (χ0v) is 3.83. The van der Waals surface area contributed by atoms with E-state index in [1.165, 1.54) is 0 Å². The lowest BCUT2D eigenvalue weighted by molar-refractivity contribution is 0.824. The van der Waals surface area contributed by atoms with Crippen LogP contribution in [0.15, 0.2) is 30.6 Å². The van der Waals surface area contributed by atoms with Crippen LogP contribution in [0.2, 0.25) is 0 Å². The fourth-order valence-corrected chi connectivity index (χ4v) is 0.313. The topological polar surface area (TPSA) is 44.4 Å². The molecule has 2 N–H and O–H groups in total. The summed E-state index contributed by atoms with van der Waals surface area (Å²) in [5.41, 5.74) is 0. The summed E-state index contributed by atoms with van der Waals surface area (Å²) in [7, 11) is 0.